The van der Waals surface area contributed by atoms with E-state index in [1.807, 2.05) is 29.7 Å². The summed E-state index contributed by atoms with van der Waals surface area (Å²) in [5.74, 6) is 0. The van der Waals surface area contributed by atoms with Gasteiger partial charge in [-0.05, 0) is 41.1 Å². The van der Waals surface area contributed by atoms with Gasteiger partial charge in [0.05, 0.1) is 23.9 Å². The maximum Gasteiger partial charge on any atom is 0.0995 e. The van der Waals surface area contributed by atoms with Crippen molar-refractivity contribution in [2.24, 2.45) is 5.73 Å². The van der Waals surface area contributed by atoms with Gasteiger partial charge in [0.15, 0.2) is 0 Å². The van der Waals surface area contributed by atoms with Crippen LogP contribution in [0.25, 0.3) is 5.69 Å². The first-order valence-electron chi connectivity index (χ1n) is 4.83. The maximum atomic E-state index is 5.98. The number of hydrogen-bond donors (Lipinski definition) is 1. The van der Waals surface area contributed by atoms with Gasteiger partial charge in [0.1, 0.15) is 0 Å². The minimum absolute atomic E-state index is 0.0756. The van der Waals surface area contributed by atoms with Crippen LogP contribution in [0.2, 0.25) is 5.02 Å². The number of imidazole rings is 1. The van der Waals surface area contributed by atoms with Gasteiger partial charge in [-0.25, -0.2) is 4.98 Å². The molecule has 2 N–H and O–H groups in total. The van der Waals surface area contributed by atoms with Crippen molar-refractivity contribution in [2.75, 3.05) is 0 Å². The molecule has 0 bridgehead atoms. The van der Waals surface area contributed by atoms with E-state index in [0.29, 0.717) is 5.02 Å². The van der Waals surface area contributed by atoms with Crippen molar-refractivity contribution in [1.82, 2.24) is 9.55 Å². The molecule has 0 radical (unpaired) electrons. The van der Waals surface area contributed by atoms with Crippen LogP contribution in [0.3, 0.4) is 0 Å². The van der Waals surface area contributed by atoms with Crippen LogP contribution in [-0.4, -0.2) is 9.55 Å². The largest absolute Gasteiger partial charge is 0.323 e. The molecular formula is C11H11BrClN3. The summed E-state index contributed by atoms with van der Waals surface area (Å²) in [7, 11) is 0. The van der Waals surface area contributed by atoms with Gasteiger partial charge >= 0.3 is 0 Å². The van der Waals surface area contributed by atoms with Crippen molar-refractivity contribution in [3.8, 4) is 5.69 Å². The van der Waals surface area contributed by atoms with Crippen LogP contribution in [0.4, 0.5) is 0 Å². The number of rotatable bonds is 2. The Hall–Kier alpha value is -0.840. The Kier molecular flexibility index (Phi) is 3.33. The summed E-state index contributed by atoms with van der Waals surface area (Å²) in [6, 6.07) is 5.53. The molecule has 0 fully saturated rings. The first kappa shape index (κ1) is 11.6. The number of hydrogen-bond acceptors (Lipinski definition) is 2. The Labute approximate surface area is 107 Å². The highest BCUT2D eigenvalue weighted by molar-refractivity contribution is 9.10. The number of halogens is 2. The molecule has 2 rings (SSSR count). The van der Waals surface area contributed by atoms with E-state index in [0.717, 1.165) is 15.9 Å². The summed E-state index contributed by atoms with van der Waals surface area (Å²) in [5, 5.41) is 0.683. The van der Waals surface area contributed by atoms with Crippen LogP contribution >= 0.6 is 27.5 Å². The number of nitrogens with two attached hydrogens (primary N) is 1. The molecular weight excluding hydrogens is 289 g/mol. The lowest BCUT2D eigenvalue weighted by Crippen LogP contribution is -2.10. The van der Waals surface area contributed by atoms with E-state index in [1.165, 1.54) is 0 Å². The lowest BCUT2D eigenvalue weighted by atomic mass is 10.2. The average molecular weight is 301 g/mol. The second-order valence-electron chi connectivity index (χ2n) is 3.57. The SMILES string of the molecule is C[C@@H](N)c1cncn1-c1cc(Cl)ccc1Br. The third-order valence-electron chi connectivity index (χ3n) is 2.30. The van der Waals surface area contributed by atoms with Gasteiger partial charge in [-0.1, -0.05) is 11.6 Å². The number of nitrogens with zero attached hydrogens (tertiary/aromatic N) is 2. The molecule has 1 aromatic heterocycles. The minimum atomic E-state index is -0.0756. The molecule has 0 aliphatic carbocycles. The van der Waals surface area contributed by atoms with E-state index in [9.17, 15) is 0 Å². The molecule has 0 amide bonds. The normalized spacial score (nSPS) is 12.8. The number of benzene rings is 1. The molecule has 1 aromatic carbocycles. The van der Waals surface area contributed by atoms with Crippen LogP contribution < -0.4 is 5.73 Å². The van der Waals surface area contributed by atoms with Crippen LogP contribution in [0.15, 0.2) is 35.2 Å². The summed E-state index contributed by atoms with van der Waals surface area (Å²) in [5.41, 5.74) is 7.76. The second-order valence-corrected chi connectivity index (χ2v) is 4.86. The van der Waals surface area contributed by atoms with Crippen molar-refractivity contribution in [3.05, 3.63) is 45.9 Å². The van der Waals surface area contributed by atoms with E-state index in [1.54, 1.807) is 12.5 Å². The Morgan fingerprint density at radius 3 is 2.94 bits per heavy atom. The molecule has 84 valence electrons. The quantitative estimate of drug-likeness (QED) is 0.924. The van der Waals surface area contributed by atoms with Crippen LogP contribution in [0, 0.1) is 0 Å². The van der Waals surface area contributed by atoms with Crippen LogP contribution in [0.1, 0.15) is 18.7 Å². The topological polar surface area (TPSA) is 43.8 Å². The van der Waals surface area contributed by atoms with Crippen molar-refractivity contribution >= 4 is 27.5 Å². The molecule has 0 aliphatic heterocycles. The lowest BCUT2D eigenvalue weighted by molar-refractivity contribution is 0.751. The molecule has 16 heavy (non-hydrogen) atoms. The predicted octanol–water partition coefficient (Wildman–Crippen LogP) is 3.31. The van der Waals surface area contributed by atoms with Gasteiger partial charge < -0.3 is 10.3 Å². The summed E-state index contributed by atoms with van der Waals surface area (Å²) in [4.78, 5) is 4.11. The monoisotopic (exact) mass is 299 g/mol. The van der Waals surface area contributed by atoms with E-state index >= 15 is 0 Å². The Bertz CT molecular complexity index is 508. The third kappa shape index (κ3) is 2.14. The van der Waals surface area contributed by atoms with Crippen LogP contribution in [0.5, 0.6) is 0 Å². The van der Waals surface area contributed by atoms with Gasteiger partial charge in [-0.3, -0.25) is 0 Å². The molecule has 1 atom stereocenters. The Balaban J connectivity index is 2.58. The zero-order valence-electron chi connectivity index (χ0n) is 8.69. The fraction of sp³-hybridized carbons (Fsp3) is 0.182. The first-order valence-corrected chi connectivity index (χ1v) is 6.00. The zero-order valence-corrected chi connectivity index (χ0v) is 11.0. The van der Waals surface area contributed by atoms with Crippen molar-refractivity contribution in [2.45, 2.75) is 13.0 Å². The first-order chi connectivity index (χ1) is 7.59. The molecule has 0 spiro atoms. The highest BCUT2D eigenvalue weighted by Gasteiger charge is 2.11. The van der Waals surface area contributed by atoms with E-state index < -0.39 is 0 Å². The predicted molar refractivity (Wildman–Crippen MR) is 68.9 cm³/mol. The van der Waals surface area contributed by atoms with Crippen molar-refractivity contribution < 1.29 is 0 Å². The third-order valence-corrected chi connectivity index (χ3v) is 3.21. The fourth-order valence-corrected chi connectivity index (χ4v) is 2.12. The Morgan fingerprint density at radius 1 is 1.50 bits per heavy atom. The molecule has 0 saturated heterocycles. The highest BCUT2D eigenvalue weighted by Crippen LogP contribution is 2.26. The standard InChI is InChI=1S/C11H11BrClN3/c1-7(14)11-5-15-6-16(11)10-4-8(13)2-3-9(10)12/h2-7H,14H2,1H3/t7-/m1/s1. The van der Waals surface area contributed by atoms with Gasteiger partial charge in [-0.15, -0.1) is 0 Å². The van der Waals surface area contributed by atoms with E-state index in [-0.39, 0.29) is 6.04 Å². The van der Waals surface area contributed by atoms with Gasteiger partial charge in [0, 0.05) is 15.5 Å². The van der Waals surface area contributed by atoms with Gasteiger partial charge in [0.2, 0.25) is 0 Å². The summed E-state index contributed by atoms with van der Waals surface area (Å²) >= 11 is 9.47. The van der Waals surface area contributed by atoms with Gasteiger partial charge in [0.25, 0.3) is 0 Å². The molecule has 0 aliphatic rings. The van der Waals surface area contributed by atoms with Crippen molar-refractivity contribution in [3.63, 3.8) is 0 Å². The molecule has 2 aromatic rings. The molecule has 0 saturated carbocycles. The number of aromatic nitrogens is 2. The average Bonchev–Trinajstić information content (AvgIpc) is 2.70. The molecule has 0 unspecified atom stereocenters. The van der Waals surface area contributed by atoms with Gasteiger partial charge in [-0.2, -0.15) is 0 Å². The second kappa shape index (κ2) is 4.57. The molecule has 3 nitrogen and oxygen atoms in total. The smallest absolute Gasteiger partial charge is 0.0995 e. The molecule has 5 heteroatoms. The lowest BCUT2D eigenvalue weighted by Gasteiger charge is -2.12. The molecule has 1 heterocycles. The van der Waals surface area contributed by atoms with Crippen LogP contribution in [-0.2, 0) is 0 Å². The van der Waals surface area contributed by atoms with E-state index in [4.69, 9.17) is 17.3 Å². The fourth-order valence-electron chi connectivity index (χ4n) is 1.51. The Morgan fingerprint density at radius 2 is 2.25 bits per heavy atom. The zero-order chi connectivity index (χ0) is 11.7. The minimum Gasteiger partial charge on any atom is -0.323 e. The maximum absolute atomic E-state index is 5.98. The summed E-state index contributed by atoms with van der Waals surface area (Å²) in [6.07, 6.45) is 3.49. The van der Waals surface area contributed by atoms with E-state index in [2.05, 4.69) is 20.9 Å². The summed E-state index contributed by atoms with van der Waals surface area (Å²) < 4.78 is 2.89. The summed E-state index contributed by atoms with van der Waals surface area (Å²) in [6.45, 7) is 1.92. The highest BCUT2D eigenvalue weighted by atomic mass is 79.9. The van der Waals surface area contributed by atoms with Crippen molar-refractivity contribution in [1.29, 1.82) is 0 Å².